The van der Waals surface area contributed by atoms with Crippen molar-refractivity contribution >= 4 is 36.6 Å². The van der Waals surface area contributed by atoms with Crippen molar-refractivity contribution in [3.05, 3.63) is 60.7 Å². The highest BCUT2D eigenvalue weighted by atomic mass is 28.4. The van der Waals surface area contributed by atoms with Crippen molar-refractivity contribution in [1.82, 2.24) is 0 Å². The van der Waals surface area contributed by atoms with E-state index in [1.807, 2.05) is 36.4 Å². The number of carbonyl (C=O) groups excluding carboxylic acids is 3. The van der Waals surface area contributed by atoms with Gasteiger partial charge >= 0.3 is 17.9 Å². The first-order valence-corrected chi connectivity index (χ1v) is 14.5. The molecule has 8 nitrogen and oxygen atoms in total. The Bertz CT molecular complexity index is 1010. The number of ether oxygens (including phenoxy) is 4. The lowest BCUT2D eigenvalue weighted by molar-refractivity contribution is -0.174. The fraction of sp³-hybridized carbons (Fsp3) is 0.483. The van der Waals surface area contributed by atoms with Gasteiger partial charge in [0.2, 0.25) is 0 Å². The molecule has 38 heavy (non-hydrogen) atoms. The van der Waals surface area contributed by atoms with E-state index in [1.54, 1.807) is 6.92 Å². The molecule has 0 aliphatic heterocycles. The third kappa shape index (κ3) is 7.75. The topological polar surface area (TPSA) is 97.4 Å². The van der Waals surface area contributed by atoms with E-state index in [2.05, 4.69) is 45.0 Å². The molecule has 0 fully saturated rings. The largest absolute Gasteiger partial charge is 0.463 e. The summed E-state index contributed by atoms with van der Waals surface area (Å²) in [7, 11) is -1.47. The second-order valence-corrected chi connectivity index (χ2v) is 14.8. The second kappa shape index (κ2) is 13.7. The van der Waals surface area contributed by atoms with Crippen LogP contribution in [0.3, 0.4) is 0 Å². The van der Waals surface area contributed by atoms with E-state index in [0.29, 0.717) is 0 Å². The Balaban J connectivity index is 2.47. The molecule has 0 N–H and O–H groups in total. The first-order chi connectivity index (χ1) is 17.9. The summed E-state index contributed by atoms with van der Waals surface area (Å²) in [5.74, 6) is -1.95. The minimum Gasteiger partial charge on any atom is -0.463 e. The Labute approximate surface area is 226 Å². The highest BCUT2D eigenvalue weighted by Gasteiger charge is 2.52. The molecule has 0 saturated carbocycles. The smallest absolute Gasteiger partial charge is 0.347 e. The molecule has 0 aliphatic rings. The molecular weight excluding hydrogens is 504 g/mol. The van der Waals surface area contributed by atoms with Gasteiger partial charge in [0.25, 0.3) is 8.32 Å². The van der Waals surface area contributed by atoms with Crippen molar-refractivity contribution in [3.8, 4) is 0 Å². The fourth-order valence-electron chi connectivity index (χ4n) is 4.23. The van der Waals surface area contributed by atoms with E-state index in [1.165, 1.54) is 21.0 Å². The van der Waals surface area contributed by atoms with Crippen LogP contribution in [0.1, 0.15) is 41.5 Å². The monoisotopic (exact) mass is 544 g/mol. The third-order valence-corrected chi connectivity index (χ3v) is 11.2. The number of benzene rings is 2. The molecular formula is C29H40O8Si. The first kappa shape index (κ1) is 31.2. The quantitative estimate of drug-likeness (QED) is 0.164. The molecule has 0 radical (unpaired) electrons. The first-order valence-electron chi connectivity index (χ1n) is 12.6. The van der Waals surface area contributed by atoms with Gasteiger partial charge < -0.3 is 23.4 Å². The maximum Gasteiger partial charge on any atom is 0.347 e. The van der Waals surface area contributed by atoms with Gasteiger partial charge in [-0.3, -0.25) is 9.59 Å². The number of rotatable bonds is 13. The van der Waals surface area contributed by atoms with Crippen LogP contribution in [0.5, 0.6) is 0 Å². The Morgan fingerprint density at radius 3 is 1.79 bits per heavy atom. The minimum absolute atomic E-state index is 0.0436. The number of methoxy groups -OCH3 is 1. The highest BCUT2D eigenvalue weighted by molar-refractivity contribution is 6.99. The summed E-state index contributed by atoms with van der Waals surface area (Å²) in [4.78, 5) is 37.1. The van der Waals surface area contributed by atoms with Crippen molar-refractivity contribution in [2.24, 2.45) is 5.41 Å². The molecule has 2 aromatic carbocycles. The van der Waals surface area contributed by atoms with Crippen molar-refractivity contribution in [3.63, 3.8) is 0 Å². The van der Waals surface area contributed by atoms with Gasteiger partial charge in [-0.05, 0) is 29.3 Å². The molecule has 2 rings (SSSR count). The lowest BCUT2D eigenvalue weighted by Crippen LogP contribution is -2.67. The molecule has 2 atom stereocenters. The summed E-state index contributed by atoms with van der Waals surface area (Å²) in [5, 5.41) is 1.78. The zero-order valence-electron chi connectivity index (χ0n) is 23.4. The molecule has 0 spiro atoms. The standard InChI is InChI=1S/C29H40O8Si/c1-22(37-23(2)30)26(31)35-20-29(6,27(32)34-19-18-33-7)21-36-38(28(3,4)5,24-14-10-8-11-15-24)25-16-12-9-13-17-25/h8-17,22H,18-21H2,1-7H3. The van der Waals surface area contributed by atoms with Crippen molar-refractivity contribution in [2.45, 2.75) is 52.7 Å². The number of hydrogen-bond donors (Lipinski definition) is 0. The van der Waals surface area contributed by atoms with E-state index < -0.39 is 37.7 Å². The van der Waals surface area contributed by atoms with Gasteiger partial charge in [-0.1, -0.05) is 81.4 Å². The van der Waals surface area contributed by atoms with E-state index in [0.717, 1.165) is 10.4 Å². The van der Waals surface area contributed by atoms with Crippen molar-refractivity contribution in [1.29, 1.82) is 0 Å². The van der Waals surface area contributed by atoms with E-state index in [4.69, 9.17) is 23.4 Å². The van der Waals surface area contributed by atoms with Gasteiger partial charge in [0.15, 0.2) is 6.10 Å². The predicted octanol–water partition coefficient (Wildman–Crippen LogP) is 3.25. The van der Waals surface area contributed by atoms with Crippen molar-refractivity contribution < 1.29 is 37.8 Å². The Morgan fingerprint density at radius 2 is 1.34 bits per heavy atom. The van der Waals surface area contributed by atoms with Crippen LogP contribution in [0, 0.1) is 5.41 Å². The van der Waals surface area contributed by atoms with E-state index in [9.17, 15) is 14.4 Å². The van der Waals surface area contributed by atoms with Crippen LogP contribution in [-0.2, 0) is 37.8 Å². The van der Waals surface area contributed by atoms with Crippen LogP contribution in [-0.4, -0.2) is 65.9 Å². The summed E-state index contributed by atoms with van der Waals surface area (Å²) in [6, 6.07) is 20.0. The molecule has 0 heterocycles. The maximum atomic E-state index is 13.3. The second-order valence-electron chi connectivity index (χ2n) is 10.5. The highest BCUT2D eigenvalue weighted by Crippen LogP contribution is 2.38. The lowest BCUT2D eigenvalue weighted by Gasteiger charge is -2.44. The number of hydrogen-bond acceptors (Lipinski definition) is 8. The summed E-state index contributed by atoms with van der Waals surface area (Å²) in [5.41, 5.74) is -1.34. The summed E-state index contributed by atoms with van der Waals surface area (Å²) in [6.07, 6.45) is -1.11. The predicted molar refractivity (Wildman–Crippen MR) is 147 cm³/mol. The Morgan fingerprint density at radius 1 is 0.816 bits per heavy atom. The SMILES string of the molecule is COCCOC(=O)C(C)(COC(=O)C(C)OC(C)=O)CO[Si](c1ccccc1)(c1ccccc1)C(C)(C)C. The molecule has 9 heteroatoms. The van der Waals surface area contributed by atoms with Crippen LogP contribution in [0.4, 0.5) is 0 Å². The minimum atomic E-state index is -2.99. The van der Waals surface area contributed by atoms with Gasteiger partial charge in [0.1, 0.15) is 18.6 Å². The third-order valence-electron chi connectivity index (χ3n) is 6.25. The lowest BCUT2D eigenvalue weighted by atomic mass is 9.93. The summed E-state index contributed by atoms with van der Waals surface area (Å²) in [6.45, 7) is 10.5. The molecule has 0 amide bonds. The maximum absolute atomic E-state index is 13.3. The summed E-state index contributed by atoms with van der Waals surface area (Å²) >= 11 is 0. The normalized spacial score (nSPS) is 14.2. The molecule has 208 valence electrons. The number of esters is 3. The average Bonchev–Trinajstić information content (AvgIpc) is 2.87. The molecule has 2 aromatic rings. The van der Waals surface area contributed by atoms with Crippen LogP contribution in [0.2, 0.25) is 5.04 Å². The van der Waals surface area contributed by atoms with Gasteiger partial charge in [0.05, 0.1) is 13.2 Å². The van der Waals surface area contributed by atoms with Gasteiger partial charge in [-0.15, -0.1) is 0 Å². The molecule has 0 saturated heterocycles. The molecule has 2 unspecified atom stereocenters. The van der Waals surface area contributed by atoms with E-state index in [-0.39, 0.29) is 31.5 Å². The van der Waals surface area contributed by atoms with Crippen LogP contribution in [0.15, 0.2) is 60.7 Å². The number of carbonyl (C=O) groups is 3. The Hall–Kier alpha value is -3.01. The molecule has 0 aliphatic carbocycles. The van der Waals surface area contributed by atoms with Crippen LogP contribution >= 0.6 is 0 Å². The van der Waals surface area contributed by atoms with Crippen LogP contribution in [0.25, 0.3) is 0 Å². The summed E-state index contributed by atoms with van der Waals surface area (Å²) < 4.78 is 27.8. The Kier molecular flexibility index (Phi) is 11.2. The zero-order chi connectivity index (χ0) is 28.4. The van der Waals surface area contributed by atoms with Gasteiger partial charge in [-0.25, -0.2) is 4.79 Å². The van der Waals surface area contributed by atoms with Crippen LogP contribution < -0.4 is 10.4 Å². The molecule has 0 aromatic heterocycles. The average molecular weight is 545 g/mol. The van der Waals surface area contributed by atoms with Gasteiger partial charge in [0, 0.05) is 14.0 Å². The van der Waals surface area contributed by atoms with E-state index >= 15 is 0 Å². The fourth-order valence-corrected chi connectivity index (χ4v) is 8.92. The van der Waals surface area contributed by atoms with Gasteiger partial charge in [-0.2, -0.15) is 0 Å². The van der Waals surface area contributed by atoms with Crippen molar-refractivity contribution in [2.75, 3.05) is 33.5 Å². The molecule has 0 bridgehead atoms. The zero-order valence-corrected chi connectivity index (χ0v) is 24.4.